The van der Waals surface area contributed by atoms with Crippen LogP contribution < -0.4 is 0 Å². The molecule has 7 heavy (non-hydrogen) atoms. The van der Waals surface area contributed by atoms with Gasteiger partial charge in [0.1, 0.15) is 0 Å². The summed E-state index contributed by atoms with van der Waals surface area (Å²) in [6, 6.07) is 0. The van der Waals surface area contributed by atoms with Crippen LogP contribution in [-0.2, 0) is 0 Å². The van der Waals surface area contributed by atoms with Crippen LogP contribution in [0.2, 0.25) is 0 Å². The zero-order valence-electron chi connectivity index (χ0n) is 4.44. The van der Waals surface area contributed by atoms with Crippen LogP contribution in [-0.4, -0.2) is 41.3 Å². The summed E-state index contributed by atoms with van der Waals surface area (Å²) in [6.45, 7) is 4.43. The number of hydrogen-bond donors (Lipinski definition) is 1. The van der Waals surface area contributed by atoms with Crippen molar-refractivity contribution in [3.63, 3.8) is 0 Å². The summed E-state index contributed by atoms with van der Waals surface area (Å²) < 4.78 is 0. The van der Waals surface area contributed by atoms with Crippen molar-refractivity contribution in [3.05, 3.63) is 0 Å². The third-order valence-corrected chi connectivity index (χ3v) is 1.01. The third kappa shape index (κ3) is 6.96. The van der Waals surface area contributed by atoms with Gasteiger partial charge in [-0.3, -0.25) is 0 Å². The molecule has 0 aromatic heterocycles. The van der Waals surface area contributed by atoms with Crippen molar-refractivity contribution >= 4 is 29.6 Å². The second kappa shape index (κ2) is 6.96. The van der Waals surface area contributed by atoms with Crippen molar-refractivity contribution in [1.29, 1.82) is 0 Å². The molecule has 0 radical (unpaired) electrons. The third-order valence-electron chi connectivity index (χ3n) is 1.01. The molecule has 0 saturated heterocycles. The van der Waals surface area contributed by atoms with Crippen LogP contribution in [0.1, 0.15) is 20.3 Å². The SMILES string of the molecule is CCC(C)CO.[NaH]. The van der Waals surface area contributed by atoms with Gasteiger partial charge in [-0.2, -0.15) is 0 Å². The van der Waals surface area contributed by atoms with E-state index >= 15 is 0 Å². The standard InChI is InChI=1S/C5H12O.Na.H/c1-3-5(2)4-6;;/h5-6H,3-4H2,1-2H3;;. The minimum atomic E-state index is 0. The second-order valence-corrected chi connectivity index (χ2v) is 1.70. The molecule has 0 aromatic carbocycles. The Labute approximate surface area is 67.4 Å². The van der Waals surface area contributed by atoms with Crippen LogP contribution >= 0.6 is 0 Å². The number of rotatable bonds is 2. The van der Waals surface area contributed by atoms with Crippen molar-refractivity contribution in [1.82, 2.24) is 0 Å². The summed E-state index contributed by atoms with van der Waals surface area (Å²) in [6.07, 6.45) is 1.08. The Morgan fingerprint density at radius 2 is 2.00 bits per heavy atom. The maximum absolute atomic E-state index is 8.33. The summed E-state index contributed by atoms with van der Waals surface area (Å²) in [7, 11) is 0. The molecule has 1 unspecified atom stereocenters. The molecule has 0 amide bonds. The van der Waals surface area contributed by atoms with Gasteiger partial charge in [-0.25, -0.2) is 0 Å². The molecular formula is C5H13NaO. The fourth-order valence-electron chi connectivity index (χ4n) is 0.129. The van der Waals surface area contributed by atoms with Gasteiger partial charge < -0.3 is 5.11 Å². The molecule has 2 heteroatoms. The van der Waals surface area contributed by atoms with Crippen molar-refractivity contribution < 1.29 is 5.11 Å². The normalized spacial score (nSPS) is 12.4. The van der Waals surface area contributed by atoms with E-state index in [2.05, 4.69) is 6.92 Å². The Bertz CT molecular complexity index is 27.3. The van der Waals surface area contributed by atoms with Gasteiger partial charge in [0.25, 0.3) is 0 Å². The van der Waals surface area contributed by atoms with E-state index < -0.39 is 0 Å². The number of aliphatic hydroxyl groups excluding tert-OH is 1. The molecule has 0 bridgehead atoms. The zero-order chi connectivity index (χ0) is 4.99. The molecule has 0 fully saturated rings. The first-order valence-electron chi connectivity index (χ1n) is 2.42. The number of hydrogen-bond acceptors (Lipinski definition) is 1. The predicted molar refractivity (Wildman–Crippen MR) is 33.7 cm³/mol. The molecule has 0 aromatic rings. The van der Waals surface area contributed by atoms with Gasteiger partial charge in [-0.15, -0.1) is 0 Å². The van der Waals surface area contributed by atoms with Crippen LogP contribution in [0.25, 0.3) is 0 Å². The van der Waals surface area contributed by atoms with Gasteiger partial charge in [-0.1, -0.05) is 20.3 Å². The quantitative estimate of drug-likeness (QED) is 0.512. The van der Waals surface area contributed by atoms with Gasteiger partial charge in [-0.05, 0) is 5.92 Å². The average Bonchev–Trinajstić information content (AvgIpc) is 1.65. The van der Waals surface area contributed by atoms with Gasteiger partial charge >= 0.3 is 29.6 Å². The van der Waals surface area contributed by atoms with Crippen LogP contribution in [0, 0.1) is 5.92 Å². The van der Waals surface area contributed by atoms with E-state index in [0.29, 0.717) is 12.5 Å². The van der Waals surface area contributed by atoms with Crippen LogP contribution in [0.3, 0.4) is 0 Å². The zero-order valence-corrected chi connectivity index (χ0v) is 4.44. The molecule has 0 aliphatic rings. The fraction of sp³-hybridized carbons (Fsp3) is 1.00. The fourth-order valence-corrected chi connectivity index (χ4v) is 0.129. The van der Waals surface area contributed by atoms with Gasteiger partial charge in [0, 0.05) is 6.61 Å². The van der Waals surface area contributed by atoms with Gasteiger partial charge in [0.05, 0.1) is 0 Å². The Morgan fingerprint density at radius 3 is 2.00 bits per heavy atom. The molecule has 0 rings (SSSR count). The average molecular weight is 112 g/mol. The number of aliphatic hydroxyl groups is 1. The van der Waals surface area contributed by atoms with E-state index in [1.54, 1.807) is 0 Å². The Hall–Kier alpha value is 0.960. The summed E-state index contributed by atoms with van der Waals surface area (Å²) in [5.41, 5.74) is 0. The van der Waals surface area contributed by atoms with E-state index in [1.165, 1.54) is 0 Å². The monoisotopic (exact) mass is 112 g/mol. The van der Waals surface area contributed by atoms with Gasteiger partial charge in [0.2, 0.25) is 0 Å². The molecular weight excluding hydrogens is 99.0 g/mol. The van der Waals surface area contributed by atoms with Crippen molar-refractivity contribution in [2.24, 2.45) is 5.92 Å². The topological polar surface area (TPSA) is 20.2 Å². The summed E-state index contributed by atoms with van der Waals surface area (Å²) in [4.78, 5) is 0. The van der Waals surface area contributed by atoms with E-state index in [-0.39, 0.29) is 29.6 Å². The molecule has 1 atom stereocenters. The van der Waals surface area contributed by atoms with Crippen LogP contribution in [0.15, 0.2) is 0 Å². The first-order chi connectivity index (χ1) is 2.81. The minimum absolute atomic E-state index is 0. The molecule has 1 nitrogen and oxygen atoms in total. The van der Waals surface area contributed by atoms with Crippen molar-refractivity contribution in [3.8, 4) is 0 Å². The summed E-state index contributed by atoms with van der Waals surface area (Å²) >= 11 is 0. The Balaban J connectivity index is 0. The molecule has 40 valence electrons. The summed E-state index contributed by atoms with van der Waals surface area (Å²) in [5.74, 6) is 0.491. The van der Waals surface area contributed by atoms with Crippen molar-refractivity contribution in [2.75, 3.05) is 6.61 Å². The van der Waals surface area contributed by atoms with E-state index in [9.17, 15) is 0 Å². The maximum atomic E-state index is 8.33. The molecule has 0 aliphatic heterocycles. The predicted octanol–water partition coefficient (Wildman–Crippen LogP) is 0.376. The molecule has 0 heterocycles. The van der Waals surface area contributed by atoms with E-state index in [0.717, 1.165) is 6.42 Å². The van der Waals surface area contributed by atoms with E-state index in [1.807, 2.05) is 6.92 Å². The first-order valence-corrected chi connectivity index (χ1v) is 2.42. The van der Waals surface area contributed by atoms with Crippen molar-refractivity contribution in [2.45, 2.75) is 20.3 Å². The second-order valence-electron chi connectivity index (χ2n) is 1.70. The Morgan fingerprint density at radius 1 is 1.57 bits per heavy atom. The summed E-state index contributed by atoms with van der Waals surface area (Å²) in [5, 5.41) is 8.33. The van der Waals surface area contributed by atoms with E-state index in [4.69, 9.17) is 5.11 Å². The molecule has 0 spiro atoms. The molecule has 0 aliphatic carbocycles. The molecule has 1 N–H and O–H groups in total. The van der Waals surface area contributed by atoms with Crippen LogP contribution in [0.5, 0.6) is 0 Å². The first kappa shape index (κ1) is 10.9. The Kier molecular flexibility index (Phi) is 10.8. The molecule has 0 saturated carbocycles. The van der Waals surface area contributed by atoms with Crippen LogP contribution in [0.4, 0.5) is 0 Å². The van der Waals surface area contributed by atoms with Gasteiger partial charge in [0.15, 0.2) is 0 Å².